The van der Waals surface area contributed by atoms with E-state index < -0.39 is 6.09 Å². The Kier molecular flexibility index (Phi) is 4.18. The fraction of sp³-hybridized carbons (Fsp3) is 0.231. The van der Waals surface area contributed by atoms with Crippen molar-refractivity contribution >= 4 is 40.0 Å². The molecule has 110 valence electrons. The Morgan fingerprint density at radius 1 is 1.52 bits per heavy atom. The topological polar surface area (TPSA) is 102 Å². The number of carbonyl (C=O) groups excluding carboxylic acids is 1. The Balaban J connectivity index is 2.72. The lowest BCUT2D eigenvalue weighted by atomic mass is 10.1. The number of fused-ring (bicyclic) bond motifs is 1. The molecule has 0 aliphatic heterocycles. The molecule has 1 heterocycles. The van der Waals surface area contributed by atoms with E-state index in [0.29, 0.717) is 10.9 Å². The second kappa shape index (κ2) is 5.88. The van der Waals surface area contributed by atoms with Gasteiger partial charge in [-0.3, -0.25) is 0 Å². The average Bonchev–Trinajstić information content (AvgIpc) is 2.68. The van der Waals surface area contributed by atoms with Crippen LogP contribution in [-0.4, -0.2) is 27.5 Å². The molecule has 8 heteroatoms. The van der Waals surface area contributed by atoms with Gasteiger partial charge in [0, 0.05) is 5.39 Å². The first kappa shape index (κ1) is 14.9. The van der Waals surface area contributed by atoms with E-state index >= 15 is 0 Å². The van der Waals surface area contributed by atoms with Crippen LogP contribution in [0.3, 0.4) is 0 Å². The number of ether oxygens (including phenoxy) is 1. The molecule has 0 radical (unpaired) electrons. The van der Waals surface area contributed by atoms with E-state index in [1.54, 1.807) is 19.1 Å². The minimum Gasteiger partial charge on any atom is -0.492 e. The molecular formula is C13H14N4O3S. The van der Waals surface area contributed by atoms with Gasteiger partial charge in [0.1, 0.15) is 0 Å². The minimum atomic E-state index is -0.694. The van der Waals surface area contributed by atoms with Gasteiger partial charge in [-0.05, 0) is 38.2 Å². The maximum absolute atomic E-state index is 12.0. The molecule has 21 heavy (non-hydrogen) atoms. The molecule has 7 nitrogen and oxygen atoms in total. The highest BCUT2D eigenvalue weighted by Crippen LogP contribution is 2.39. The fourth-order valence-electron chi connectivity index (χ4n) is 1.95. The molecule has 1 aromatic heterocycles. The van der Waals surface area contributed by atoms with Crippen molar-refractivity contribution < 1.29 is 14.6 Å². The van der Waals surface area contributed by atoms with Crippen molar-refractivity contribution in [3.8, 4) is 5.88 Å². The first-order chi connectivity index (χ1) is 9.95. The van der Waals surface area contributed by atoms with Gasteiger partial charge < -0.3 is 15.6 Å². The zero-order valence-electron chi connectivity index (χ0n) is 11.5. The highest BCUT2D eigenvalue weighted by Gasteiger charge is 2.22. The maximum Gasteiger partial charge on any atom is 0.421 e. The molecule has 0 aliphatic carbocycles. The molecule has 0 saturated heterocycles. The second-order valence-electron chi connectivity index (χ2n) is 4.27. The van der Waals surface area contributed by atoms with E-state index in [0.717, 1.165) is 10.1 Å². The predicted molar refractivity (Wildman–Crippen MR) is 82.1 cm³/mol. The SMILES string of the molecule is CCOC(=O)n1c(O)c(N=NC(N)=S)c2cc(C)ccc21. The number of aromatic nitrogens is 1. The number of benzene rings is 1. The van der Waals surface area contributed by atoms with E-state index in [1.165, 1.54) is 0 Å². The Bertz CT molecular complexity index is 751. The van der Waals surface area contributed by atoms with Crippen molar-refractivity contribution in [2.24, 2.45) is 16.0 Å². The Morgan fingerprint density at radius 2 is 2.24 bits per heavy atom. The standard InChI is InChI=1S/C13H14N4O3S/c1-3-20-13(19)17-9-5-4-7(2)6-8(9)10(11(17)18)15-16-12(14)21/h4-6,18H,3H2,1-2H3,(H2,14,21). The van der Waals surface area contributed by atoms with Gasteiger partial charge in [0.05, 0.1) is 12.1 Å². The summed E-state index contributed by atoms with van der Waals surface area (Å²) < 4.78 is 5.96. The molecule has 0 bridgehead atoms. The van der Waals surface area contributed by atoms with Crippen LogP contribution in [0, 0.1) is 6.92 Å². The maximum atomic E-state index is 12.0. The smallest absolute Gasteiger partial charge is 0.421 e. The Labute approximate surface area is 126 Å². The van der Waals surface area contributed by atoms with Crippen molar-refractivity contribution in [1.82, 2.24) is 4.57 Å². The molecule has 2 aromatic rings. The van der Waals surface area contributed by atoms with E-state index in [2.05, 4.69) is 22.4 Å². The van der Waals surface area contributed by atoms with Crippen LogP contribution in [0.15, 0.2) is 28.4 Å². The minimum absolute atomic E-state index is 0.120. The third kappa shape index (κ3) is 2.84. The zero-order chi connectivity index (χ0) is 15.6. The summed E-state index contributed by atoms with van der Waals surface area (Å²) in [5.41, 5.74) is 6.80. The highest BCUT2D eigenvalue weighted by atomic mass is 32.1. The first-order valence-corrected chi connectivity index (χ1v) is 6.58. The zero-order valence-corrected chi connectivity index (χ0v) is 12.3. The average molecular weight is 306 g/mol. The van der Waals surface area contributed by atoms with Gasteiger partial charge in [-0.1, -0.05) is 11.6 Å². The number of hydrogen-bond donors (Lipinski definition) is 2. The molecule has 1 aromatic carbocycles. The quantitative estimate of drug-likeness (QED) is 0.656. The van der Waals surface area contributed by atoms with Crippen molar-refractivity contribution in [3.63, 3.8) is 0 Å². The van der Waals surface area contributed by atoms with Crippen LogP contribution < -0.4 is 5.73 Å². The number of rotatable bonds is 2. The van der Waals surface area contributed by atoms with Crippen LogP contribution in [0.2, 0.25) is 0 Å². The number of nitrogens with zero attached hydrogens (tertiary/aromatic N) is 3. The number of hydrogen-bond acceptors (Lipinski definition) is 5. The van der Waals surface area contributed by atoms with Gasteiger partial charge in [-0.25, -0.2) is 9.36 Å². The number of thiocarbonyl (C=S) groups is 1. The van der Waals surface area contributed by atoms with Crippen molar-refractivity contribution in [2.75, 3.05) is 6.61 Å². The molecule has 0 unspecified atom stereocenters. The van der Waals surface area contributed by atoms with E-state index in [4.69, 9.17) is 10.5 Å². The monoisotopic (exact) mass is 306 g/mol. The normalized spacial score (nSPS) is 11.1. The van der Waals surface area contributed by atoms with E-state index in [9.17, 15) is 9.90 Å². The molecule has 3 N–H and O–H groups in total. The third-order valence-corrected chi connectivity index (χ3v) is 2.85. The molecule has 2 rings (SSSR count). The summed E-state index contributed by atoms with van der Waals surface area (Å²) in [6.07, 6.45) is -0.694. The lowest BCUT2D eigenvalue weighted by molar-refractivity contribution is 0.152. The van der Waals surface area contributed by atoms with Crippen molar-refractivity contribution in [1.29, 1.82) is 0 Å². The molecule has 0 saturated carbocycles. The van der Waals surface area contributed by atoms with Crippen molar-refractivity contribution in [2.45, 2.75) is 13.8 Å². The number of azo groups is 1. The lowest BCUT2D eigenvalue weighted by Crippen LogP contribution is -2.12. The molecule has 0 spiro atoms. The van der Waals surface area contributed by atoms with Crippen LogP contribution in [0.4, 0.5) is 10.5 Å². The lowest BCUT2D eigenvalue weighted by Gasteiger charge is -2.05. The molecular weight excluding hydrogens is 292 g/mol. The number of carbonyl (C=O) groups is 1. The molecule has 0 aliphatic rings. The van der Waals surface area contributed by atoms with Crippen LogP contribution in [0.5, 0.6) is 5.88 Å². The van der Waals surface area contributed by atoms with Gasteiger partial charge >= 0.3 is 6.09 Å². The summed E-state index contributed by atoms with van der Waals surface area (Å²) in [7, 11) is 0. The number of aromatic hydroxyl groups is 1. The van der Waals surface area contributed by atoms with E-state index in [1.807, 2.05) is 13.0 Å². The van der Waals surface area contributed by atoms with Crippen molar-refractivity contribution in [3.05, 3.63) is 23.8 Å². The Morgan fingerprint density at radius 3 is 2.86 bits per heavy atom. The summed E-state index contributed by atoms with van der Waals surface area (Å²) >= 11 is 4.62. The van der Waals surface area contributed by atoms with Crippen LogP contribution >= 0.6 is 12.2 Å². The second-order valence-corrected chi connectivity index (χ2v) is 4.68. The molecule has 0 atom stereocenters. The number of nitrogens with two attached hydrogens (primary N) is 1. The number of aryl methyl sites for hydroxylation is 1. The summed E-state index contributed by atoms with van der Waals surface area (Å²) in [5.74, 6) is -0.367. The molecule has 0 fully saturated rings. The largest absolute Gasteiger partial charge is 0.492 e. The van der Waals surface area contributed by atoms with Crippen LogP contribution in [0.25, 0.3) is 10.9 Å². The summed E-state index contributed by atoms with van der Waals surface area (Å²) in [4.78, 5) is 12.0. The van der Waals surface area contributed by atoms with Gasteiger partial charge in [0.2, 0.25) is 11.0 Å². The van der Waals surface area contributed by atoms with E-state index in [-0.39, 0.29) is 23.3 Å². The summed E-state index contributed by atoms with van der Waals surface area (Å²) in [6.45, 7) is 3.75. The third-order valence-electron chi connectivity index (χ3n) is 2.77. The van der Waals surface area contributed by atoms with Gasteiger partial charge in [0.15, 0.2) is 5.69 Å². The summed E-state index contributed by atoms with van der Waals surface area (Å²) in [6, 6.07) is 5.28. The Hall–Kier alpha value is -2.48. The van der Waals surface area contributed by atoms with Crippen LogP contribution in [-0.2, 0) is 4.74 Å². The first-order valence-electron chi connectivity index (χ1n) is 6.18. The van der Waals surface area contributed by atoms with Crippen LogP contribution in [0.1, 0.15) is 12.5 Å². The predicted octanol–water partition coefficient (Wildman–Crippen LogP) is 2.99. The fourth-order valence-corrected chi connectivity index (χ4v) is 1.99. The van der Waals surface area contributed by atoms with Gasteiger partial charge in [0.25, 0.3) is 0 Å². The van der Waals surface area contributed by atoms with Gasteiger partial charge in [-0.15, -0.1) is 10.2 Å². The summed E-state index contributed by atoms with van der Waals surface area (Å²) in [5, 5.41) is 18.0. The molecule has 0 amide bonds. The highest BCUT2D eigenvalue weighted by molar-refractivity contribution is 7.80. The van der Waals surface area contributed by atoms with Gasteiger partial charge in [-0.2, -0.15) is 0 Å².